The van der Waals surface area contributed by atoms with Gasteiger partial charge in [0.1, 0.15) is 5.84 Å². The van der Waals surface area contributed by atoms with Gasteiger partial charge in [0.25, 0.3) is 15.7 Å². The Hall–Kier alpha value is -2.74. The molecule has 1 aliphatic rings. The lowest BCUT2D eigenvalue weighted by atomic mass is 10.2. The summed E-state index contributed by atoms with van der Waals surface area (Å²) in [6.07, 6.45) is 0.368. The second kappa shape index (κ2) is 5.47. The molecular formula is C15H13N3O4S. The van der Waals surface area contributed by atoms with Crippen LogP contribution in [0.15, 0.2) is 57.8 Å². The number of hydrogen-bond donors (Lipinski definition) is 0. The average Bonchev–Trinajstić information content (AvgIpc) is 2.83. The van der Waals surface area contributed by atoms with Gasteiger partial charge >= 0.3 is 0 Å². The van der Waals surface area contributed by atoms with Gasteiger partial charge in [-0.2, -0.15) is 8.42 Å². The van der Waals surface area contributed by atoms with Crippen molar-refractivity contribution in [1.82, 2.24) is 0 Å². The molecule has 0 atom stereocenters. The summed E-state index contributed by atoms with van der Waals surface area (Å²) in [5, 5.41) is 11.0. The van der Waals surface area contributed by atoms with Crippen LogP contribution in [-0.4, -0.2) is 26.2 Å². The number of anilines is 1. The van der Waals surface area contributed by atoms with E-state index >= 15 is 0 Å². The van der Waals surface area contributed by atoms with Crippen LogP contribution in [0.3, 0.4) is 0 Å². The second-order valence-corrected chi connectivity index (χ2v) is 6.64. The van der Waals surface area contributed by atoms with Crippen molar-refractivity contribution in [2.45, 2.75) is 11.3 Å². The summed E-state index contributed by atoms with van der Waals surface area (Å²) in [5.41, 5.74) is 1.37. The van der Waals surface area contributed by atoms with Gasteiger partial charge in [-0.1, -0.05) is 30.3 Å². The minimum atomic E-state index is -4.17. The third kappa shape index (κ3) is 2.68. The Morgan fingerprint density at radius 2 is 1.78 bits per heavy atom. The Morgan fingerprint density at radius 1 is 1.13 bits per heavy atom. The Bertz CT molecular complexity index is 922. The number of sulfonamides is 1. The molecule has 0 spiro atoms. The summed E-state index contributed by atoms with van der Waals surface area (Å²) in [6.45, 7) is 0. The first kappa shape index (κ1) is 15.2. The van der Waals surface area contributed by atoms with Crippen LogP contribution in [-0.2, 0) is 16.4 Å². The van der Waals surface area contributed by atoms with Gasteiger partial charge in [-0.15, -0.1) is 4.40 Å². The van der Waals surface area contributed by atoms with Crippen LogP contribution in [0.25, 0.3) is 0 Å². The second-order valence-electron chi connectivity index (χ2n) is 5.07. The maximum Gasteiger partial charge on any atom is 0.290 e. The first-order valence-corrected chi connectivity index (χ1v) is 8.23. The minimum absolute atomic E-state index is 0.337. The predicted molar refractivity (Wildman–Crippen MR) is 86.3 cm³/mol. The molecule has 1 heterocycles. The summed E-state index contributed by atoms with van der Waals surface area (Å²) >= 11 is 0. The summed E-state index contributed by atoms with van der Waals surface area (Å²) in [5.74, 6) is 0.337. The van der Waals surface area contributed by atoms with Crippen molar-refractivity contribution in [2.75, 3.05) is 11.9 Å². The number of benzene rings is 2. The van der Waals surface area contributed by atoms with Gasteiger partial charge < -0.3 is 4.90 Å². The van der Waals surface area contributed by atoms with Crippen LogP contribution in [0.1, 0.15) is 5.56 Å². The number of nitrogens with zero attached hydrogens (tertiary/aromatic N) is 3. The molecule has 0 amide bonds. The fourth-order valence-corrected chi connectivity index (χ4v) is 3.74. The van der Waals surface area contributed by atoms with Crippen molar-refractivity contribution >= 4 is 27.2 Å². The van der Waals surface area contributed by atoms with Crippen LogP contribution < -0.4 is 4.90 Å². The van der Waals surface area contributed by atoms with Gasteiger partial charge in [-0.25, -0.2) is 0 Å². The van der Waals surface area contributed by atoms with Crippen LogP contribution in [0.5, 0.6) is 0 Å². The van der Waals surface area contributed by atoms with E-state index in [0.717, 1.165) is 17.3 Å². The molecule has 23 heavy (non-hydrogen) atoms. The van der Waals surface area contributed by atoms with Gasteiger partial charge in [0, 0.05) is 25.2 Å². The zero-order valence-electron chi connectivity index (χ0n) is 12.2. The molecule has 118 valence electrons. The number of para-hydroxylation sites is 2. The topological polar surface area (TPSA) is 92.9 Å². The molecule has 0 saturated carbocycles. The number of likely N-dealkylation sites (N-methyl/N-ethyl adjacent to an activating group) is 1. The lowest BCUT2D eigenvalue weighted by Gasteiger charge is -2.13. The first-order valence-electron chi connectivity index (χ1n) is 6.79. The van der Waals surface area contributed by atoms with Crippen LogP contribution >= 0.6 is 0 Å². The maximum atomic E-state index is 12.5. The van der Waals surface area contributed by atoms with E-state index in [1.807, 2.05) is 24.3 Å². The highest BCUT2D eigenvalue weighted by Crippen LogP contribution is 2.30. The fourth-order valence-electron chi connectivity index (χ4n) is 2.52. The van der Waals surface area contributed by atoms with Crippen molar-refractivity contribution < 1.29 is 13.3 Å². The minimum Gasteiger partial charge on any atom is -0.332 e. The molecule has 0 aromatic heterocycles. The van der Waals surface area contributed by atoms with E-state index in [-0.39, 0.29) is 0 Å². The summed E-state index contributed by atoms with van der Waals surface area (Å²) < 4.78 is 28.8. The van der Waals surface area contributed by atoms with E-state index in [4.69, 9.17) is 0 Å². The number of fused-ring (bicyclic) bond motifs is 1. The maximum absolute atomic E-state index is 12.5. The summed E-state index contributed by atoms with van der Waals surface area (Å²) in [6, 6.07) is 12.7. The molecule has 2 aromatic carbocycles. The fraction of sp³-hybridized carbons (Fsp3) is 0.133. The Morgan fingerprint density at radius 3 is 2.48 bits per heavy atom. The highest BCUT2D eigenvalue weighted by Gasteiger charge is 2.28. The lowest BCUT2D eigenvalue weighted by Crippen LogP contribution is -2.23. The molecular weight excluding hydrogens is 318 g/mol. The lowest BCUT2D eigenvalue weighted by molar-refractivity contribution is -0.387. The molecule has 0 fully saturated rings. The molecule has 0 saturated heterocycles. The van der Waals surface area contributed by atoms with Crippen molar-refractivity contribution in [3.63, 3.8) is 0 Å². The largest absolute Gasteiger partial charge is 0.332 e. The van der Waals surface area contributed by atoms with Crippen molar-refractivity contribution in [2.24, 2.45) is 4.40 Å². The Balaban J connectivity index is 2.05. The normalized spacial score (nSPS) is 15.7. The van der Waals surface area contributed by atoms with Crippen molar-refractivity contribution in [3.8, 4) is 0 Å². The van der Waals surface area contributed by atoms with E-state index in [1.165, 1.54) is 18.2 Å². The standard InChI is InChI=1S/C15H13N3O4S/c1-17-12-7-3-2-6-11(12)10-15(17)16-23(21,22)14-9-5-4-8-13(14)18(19)20/h2-9H,10H2,1H3/b16-15+. The van der Waals surface area contributed by atoms with Crippen LogP contribution in [0.2, 0.25) is 0 Å². The third-order valence-corrected chi connectivity index (χ3v) is 5.01. The van der Waals surface area contributed by atoms with Gasteiger partial charge in [-0.05, 0) is 17.7 Å². The number of amidine groups is 1. The first-order chi connectivity index (χ1) is 10.9. The molecule has 1 aliphatic heterocycles. The van der Waals surface area contributed by atoms with E-state index in [9.17, 15) is 18.5 Å². The highest BCUT2D eigenvalue weighted by molar-refractivity contribution is 7.90. The number of rotatable bonds is 3. The molecule has 8 heteroatoms. The SMILES string of the molecule is CN1/C(=N/S(=O)(=O)c2ccccc2[N+](=O)[O-])Cc2ccccc21. The van der Waals surface area contributed by atoms with Crippen molar-refractivity contribution in [1.29, 1.82) is 0 Å². The van der Waals surface area contributed by atoms with Crippen LogP contribution in [0, 0.1) is 10.1 Å². The van der Waals surface area contributed by atoms with E-state index in [1.54, 1.807) is 11.9 Å². The monoisotopic (exact) mass is 331 g/mol. The third-order valence-electron chi connectivity index (χ3n) is 3.65. The van der Waals surface area contributed by atoms with Crippen LogP contribution in [0.4, 0.5) is 11.4 Å². The van der Waals surface area contributed by atoms with Gasteiger partial charge in [0.15, 0.2) is 4.90 Å². The smallest absolute Gasteiger partial charge is 0.290 e. The Labute approximate surface area is 133 Å². The molecule has 2 aromatic rings. The zero-order valence-corrected chi connectivity index (χ0v) is 13.0. The van der Waals surface area contributed by atoms with Crippen molar-refractivity contribution in [3.05, 3.63) is 64.2 Å². The number of nitro groups is 1. The summed E-state index contributed by atoms with van der Waals surface area (Å²) in [4.78, 5) is 11.6. The molecule has 7 nitrogen and oxygen atoms in total. The number of nitro benzene ring substituents is 1. The molecule has 0 radical (unpaired) electrons. The number of hydrogen-bond acceptors (Lipinski definition) is 4. The molecule has 3 rings (SSSR count). The quantitative estimate of drug-likeness (QED) is 0.636. The van der Waals surface area contributed by atoms with Gasteiger partial charge in [0.05, 0.1) is 4.92 Å². The summed E-state index contributed by atoms with van der Waals surface area (Å²) in [7, 11) is -2.44. The zero-order chi connectivity index (χ0) is 16.6. The predicted octanol–water partition coefficient (Wildman–Crippen LogP) is 2.37. The molecule has 0 unspecified atom stereocenters. The average molecular weight is 331 g/mol. The van der Waals surface area contributed by atoms with E-state index in [0.29, 0.717) is 12.3 Å². The van der Waals surface area contributed by atoms with E-state index < -0.39 is 25.5 Å². The molecule has 0 aliphatic carbocycles. The van der Waals surface area contributed by atoms with E-state index in [2.05, 4.69) is 4.40 Å². The Kier molecular flexibility index (Phi) is 3.61. The molecule has 0 bridgehead atoms. The van der Waals surface area contributed by atoms with Gasteiger partial charge in [-0.3, -0.25) is 10.1 Å². The van der Waals surface area contributed by atoms with Gasteiger partial charge in [0.2, 0.25) is 0 Å². The molecule has 0 N–H and O–H groups in total. The highest BCUT2D eigenvalue weighted by atomic mass is 32.2.